The molecule has 0 amide bonds. The van der Waals surface area contributed by atoms with Crippen LogP contribution >= 0.6 is 11.3 Å². The van der Waals surface area contributed by atoms with Crippen molar-refractivity contribution in [3.8, 4) is 11.5 Å². The maximum atomic E-state index is 11.2. The lowest BCUT2D eigenvalue weighted by Crippen LogP contribution is -2.33. The molecule has 0 aliphatic carbocycles. The average Bonchev–Trinajstić information content (AvgIpc) is 2.76. The summed E-state index contributed by atoms with van der Waals surface area (Å²) in [6, 6.07) is 0. The van der Waals surface area contributed by atoms with E-state index in [9.17, 15) is 4.79 Å². The fourth-order valence-corrected chi connectivity index (χ4v) is 2.27. The number of carbonyl (C=O) groups excluding carboxylic acids is 1. The maximum absolute atomic E-state index is 11.2. The van der Waals surface area contributed by atoms with Gasteiger partial charge in [-0.05, 0) is 6.42 Å². The number of thiophene rings is 1. The molecule has 1 aliphatic heterocycles. The van der Waals surface area contributed by atoms with Gasteiger partial charge >= 0.3 is 0 Å². The van der Waals surface area contributed by atoms with Gasteiger partial charge in [-0.15, -0.1) is 11.3 Å². The Morgan fingerprint density at radius 3 is 3.18 bits per heavy atom. The zero-order valence-electron chi connectivity index (χ0n) is 9.81. The molecule has 17 heavy (non-hydrogen) atoms. The van der Waals surface area contributed by atoms with E-state index in [1.807, 2.05) is 17.7 Å². The third kappa shape index (κ3) is 3.44. The summed E-state index contributed by atoms with van der Waals surface area (Å²) in [6.07, 6.45) is 1.33. The lowest BCUT2D eigenvalue weighted by atomic mass is 10.2. The molecule has 1 unspecified atom stereocenters. The number of Topliss-reactive ketones (excluding diaryl/α,β-unsaturated/α-hetero) is 1. The van der Waals surface area contributed by atoms with Crippen LogP contribution in [0.5, 0.6) is 11.5 Å². The molecule has 5 heteroatoms. The van der Waals surface area contributed by atoms with Gasteiger partial charge in [-0.25, -0.2) is 0 Å². The lowest BCUT2D eigenvalue weighted by molar-refractivity contribution is -0.124. The molecule has 0 radical (unpaired) electrons. The number of fused-ring (bicyclic) bond motifs is 1. The van der Waals surface area contributed by atoms with E-state index in [-0.39, 0.29) is 18.5 Å². The fourth-order valence-electron chi connectivity index (χ4n) is 1.60. The number of hydrogen-bond donors (Lipinski definition) is 0. The first-order chi connectivity index (χ1) is 8.29. The second-order valence-electron chi connectivity index (χ2n) is 3.95. The predicted molar refractivity (Wildman–Crippen MR) is 65.0 cm³/mol. The number of ether oxygens (including phenoxy) is 3. The molecule has 94 valence electrons. The molecule has 0 saturated carbocycles. The van der Waals surface area contributed by atoms with Crippen LogP contribution in [-0.4, -0.2) is 31.7 Å². The van der Waals surface area contributed by atoms with Crippen LogP contribution in [0.2, 0.25) is 0 Å². The fraction of sp³-hybridized carbons (Fsp3) is 0.583. The van der Waals surface area contributed by atoms with Crippen LogP contribution in [-0.2, 0) is 9.53 Å². The summed E-state index contributed by atoms with van der Waals surface area (Å²) in [5.74, 6) is 1.71. The van der Waals surface area contributed by atoms with Gasteiger partial charge in [-0.1, -0.05) is 6.92 Å². The van der Waals surface area contributed by atoms with Gasteiger partial charge < -0.3 is 14.2 Å². The van der Waals surface area contributed by atoms with E-state index in [0.717, 1.165) is 17.9 Å². The van der Waals surface area contributed by atoms with Crippen LogP contribution in [0.4, 0.5) is 0 Å². The van der Waals surface area contributed by atoms with Gasteiger partial charge in [0, 0.05) is 17.2 Å². The third-order valence-electron chi connectivity index (χ3n) is 2.41. The summed E-state index contributed by atoms with van der Waals surface area (Å²) in [4.78, 5) is 11.2. The van der Waals surface area contributed by atoms with Gasteiger partial charge in [0.2, 0.25) is 0 Å². The van der Waals surface area contributed by atoms with Crippen molar-refractivity contribution >= 4 is 17.1 Å². The summed E-state index contributed by atoms with van der Waals surface area (Å²) in [7, 11) is 0. The van der Waals surface area contributed by atoms with Crippen LogP contribution < -0.4 is 9.47 Å². The Bertz CT molecular complexity index is 374. The molecule has 2 rings (SSSR count). The first kappa shape index (κ1) is 12.4. The second kappa shape index (κ2) is 6.02. The van der Waals surface area contributed by atoms with E-state index in [1.54, 1.807) is 11.3 Å². The highest BCUT2D eigenvalue weighted by atomic mass is 32.1. The largest absolute Gasteiger partial charge is 0.485 e. The van der Waals surface area contributed by atoms with Crippen LogP contribution in [0.25, 0.3) is 0 Å². The lowest BCUT2D eigenvalue weighted by Gasteiger charge is -2.24. The minimum Gasteiger partial charge on any atom is -0.485 e. The van der Waals surface area contributed by atoms with Crippen molar-refractivity contribution in [1.29, 1.82) is 0 Å². The average molecular weight is 256 g/mol. The Hall–Kier alpha value is -1.07. The van der Waals surface area contributed by atoms with Crippen LogP contribution in [0.15, 0.2) is 10.8 Å². The number of hydrogen-bond acceptors (Lipinski definition) is 5. The Morgan fingerprint density at radius 1 is 1.53 bits per heavy atom. The van der Waals surface area contributed by atoms with E-state index in [0.29, 0.717) is 19.6 Å². The molecule has 1 aliphatic rings. The summed E-state index contributed by atoms with van der Waals surface area (Å²) >= 11 is 1.55. The molecule has 4 nitrogen and oxygen atoms in total. The first-order valence-corrected chi connectivity index (χ1v) is 6.69. The van der Waals surface area contributed by atoms with Crippen molar-refractivity contribution in [2.45, 2.75) is 25.9 Å². The molecular weight excluding hydrogens is 240 g/mol. The molecule has 0 aromatic carbocycles. The van der Waals surface area contributed by atoms with E-state index in [2.05, 4.69) is 0 Å². The van der Waals surface area contributed by atoms with E-state index < -0.39 is 0 Å². The van der Waals surface area contributed by atoms with E-state index >= 15 is 0 Å². The summed E-state index contributed by atoms with van der Waals surface area (Å²) in [6.45, 7) is 3.02. The first-order valence-electron chi connectivity index (χ1n) is 5.74. The van der Waals surface area contributed by atoms with Crippen LogP contribution in [0.3, 0.4) is 0 Å². The molecular formula is C12H16O4S. The van der Waals surface area contributed by atoms with E-state index in [4.69, 9.17) is 14.2 Å². The van der Waals surface area contributed by atoms with Crippen molar-refractivity contribution in [3.05, 3.63) is 10.8 Å². The molecule has 1 aromatic rings. The van der Waals surface area contributed by atoms with Crippen molar-refractivity contribution in [2.24, 2.45) is 0 Å². The summed E-state index contributed by atoms with van der Waals surface area (Å²) in [5.41, 5.74) is 0. The van der Waals surface area contributed by atoms with Crippen molar-refractivity contribution < 1.29 is 19.0 Å². The summed E-state index contributed by atoms with van der Waals surface area (Å²) < 4.78 is 16.5. The number of ketones is 1. The Morgan fingerprint density at radius 2 is 2.35 bits per heavy atom. The zero-order chi connectivity index (χ0) is 12.1. The van der Waals surface area contributed by atoms with Crippen LogP contribution in [0, 0.1) is 0 Å². The van der Waals surface area contributed by atoms with Gasteiger partial charge in [-0.2, -0.15) is 0 Å². The topological polar surface area (TPSA) is 44.8 Å². The Balaban J connectivity index is 1.70. The van der Waals surface area contributed by atoms with E-state index in [1.165, 1.54) is 0 Å². The Labute approximate surface area is 104 Å². The second-order valence-corrected chi connectivity index (χ2v) is 4.70. The van der Waals surface area contributed by atoms with Crippen molar-refractivity contribution in [3.63, 3.8) is 0 Å². The molecule has 1 aromatic heterocycles. The van der Waals surface area contributed by atoms with Crippen molar-refractivity contribution in [2.75, 3.05) is 19.8 Å². The standard InChI is InChI=1S/C12H16O4S/c1-2-3-9(13)4-14-5-10-6-15-11-7-17-8-12(11)16-10/h7-8,10H,2-6H2,1H3. The van der Waals surface area contributed by atoms with Gasteiger partial charge in [0.25, 0.3) is 0 Å². The summed E-state index contributed by atoms with van der Waals surface area (Å²) in [5, 5.41) is 3.82. The minimum absolute atomic E-state index is 0.119. The molecule has 0 bridgehead atoms. The SMILES string of the molecule is CCCC(=O)COCC1COc2cscc2O1. The quantitative estimate of drug-likeness (QED) is 0.783. The number of carbonyl (C=O) groups is 1. The predicted octanol–water partition coefficient (Wildman–Crippen LogP) is 2.27. The molecule has 0 spiro atoms. The maximum Gasteiger partial charge on any atom is 0.172 e. The molecule has 0 N–H and O–H groups in total. The smallest absolute Gasteiger partial charge is 0.172 e. The molecule has 2 heterocycles. The molecule has 0 saturated heterocycles. The minimum atomic E-state index is -0.119. The highest BCUT2D eigenvalue weighted by Crippen LogP contribution is 2.35. The number of rotatable bonds is 6. The van der Waals surface area contributed by atoms with Gasteiger partial charge in [0.15, 0.2) is 23.4 Å². The zero-order valence-corrected chi connectivity index (χ0v) is 10.6. The Kier molecular flexibility index (Phi) is 4.39. The monoisotopic (exact) mass is 256 g/mol. The normalized spacial score (nSPS) is 18.1. The van der Waals surface area contributed by atoms with Crippen LogP contribution in [0.1, 0.15) is 19.8 Å². The van der Waals surface area contributed by atoms with Gasteiger partial charge in [-0.3, -0.25) is 4.79 Å². The van der Waals surface area contributed by atoms with Crippen molar-refractivity contribution in [1.82, 2.24) is 0 Å². The molecule has 0 fully saturated rings. The van der Waals surface area contributed by atoms with Gasteiger partial charge in [0.1, 0.15) is 13.2 Å². The highest BCUT2D eigenvalue weighted by Gasteiger charge is 2.21. The third-order valence-corrected chi connectivity index (χ3v) is 3.11. The van der Waals surface area contributed by atoms with Gasteiger partial charge in [0.05, 0.1) is 6.61 Å². The molecule has 1 atom stereocenters. The highest BCUT2D eigenvalue weighted by molar-refractivity contribution is 7.08.